The fourth-order valence-corrected chi connectivity index (χ4v) is 4.31. The molecule has 1 aromatic carbocycles. The first-order valence-corrected chi connectivity index (χ1v) is 11.2. The second-order valence-corrected chi connectivity index (χ2v) is 8.80. The molecule has 6 nitrogen and oxygen atoms in total. The van der Waals surface area contributed by atoms with E-state index in [1.54, 1.807) is 12.1 Å². The minimum Gasteiger partial charge on any atom is -0.381 e. The summed E-state index contributed by atoms with van der Waals surface area (Å²) in [6.45, 7) is 9.85. The van der Waals surface area contributed by atoms with Crippen LogP contribution in [0.3, 0.4) is 0 Å². The molecule has 1 aliphatic heterocycles. The van der Waals surface area contributed by atoms with E-state index < -0.39 is 0 Å². The van der Waals surface area contributed by atoms with Crippen LogP contribution in [0, 0.1) is 5.82 Å². The highest BCUT2D eigenvalue weighted by atomic mass is 19.1. The molecule has 0 spiro atoms. The average molecular weight is 430 g/mol. The maximum Gasteiger partial charge on any atom is 0.193 e. The zero-order valence-electron chi connectivity index (χ0n) is 19.5. The van der Waals surface area contributed by atoms with Crippen LogP contribution in [0.4, 0.5) is 4.39 Å². The molecule has 0 amide bonds. The minimum atomic E-state index is -0.209. The van der Waals surface area contributed by atoms with E-state index in [0.717, 1.165) is 43.1 Å². The number of aryl methyl sites for hydroxylation is 1. The molecule has 0 saturated carbocycles. The molecule has 0 unspecified atom stereocenters. The van der Waals surface area contributed by atoms with Crippen LogP contribution in [0.2, 0.25) is 0 Å². The van der Waals surface area contributed by atoms with Crippen LogP contribution in [0.25, 0.3) is 0 Å². The average Bonchev–Trinajstić information content (AvgIpc) is 3.12. The Labute approximate surface area is 185 Å². The topological polar surface area (TPSA) is 54.7 Å². The molecular formula is C24H36FN5O. The van der Waals surface area contributed by atoms with E-state index in [1.807, 2.05) is 17.8 Å². The molecule has 1 fully saturated rings. The third-order valence-corrected chi connectivity index (χ3v) is 6.01. The lowest BCUT2D eigenvalue weighted by Gasteiger charge is -2.37. The molecule has 1 aromatic heterocycles. The van der Waals surface area contributed by atoms with Gasteiger partial charge in [0.05, 0.1) is 12.2 Å². The Balaban J connectivity index is 1.84. The summed E-state index contributed by atoms with van der Waals surface area (Å²) in [5, 5.41) is 8.05. The molecule has 31 heavy (non-hydrogen) atoms. The van der Waals surface area contributed by atoms with Crippen LogP contribution >= 0.6 is 0 Å². The number of hydrogen-bond acceptors (Lipinski definition) is 3. The van der Waals surface area contributed by atoms with Crippen LogP contribution in [-0.2, 0) is 23.7 Å². The molecular weight excluding hydrogens is 393 g/mol. The normalized spacial score (nSPS) is 16.5. The predicted octanol–water partition coefficient (Wildman–Crippen LogP) is 3.83. The SMILES string of the molecule is CCNC(=NCC1(c2cccc(F)c2)CCOCC1)N(C)Cc1cn(C)nc1C(C)C. The number of aliphatic imine (C=N–C) groups is 1. The van der Waals surface area contributed by atoms with Gasteiger partial charge in [0.25, 0.3) is 0 Å². The molecule has 3 rings (SSSR count). The molecule has 1 N–H and O–H groups in total. The van der Waals surface area contributed by atoms with E-state index >= 15 is 0 Å². The van der Waals surface area contributed by atoms with Crippen molar-refractivity contribution >= 4 is 5.96 Å². The minimum absolute atomic E-state index is 0.200. The van der Waals surface area contributed by atoms with Crippen molar-refractivity contribution < 1.29 is 9.13 Å². The van der Waals surface area contributed by atoms with Gasteiger partial charge in [0.15, 0.2) is 5.96 Å². The van der Waals surface area contributed by atoms with Gasteiger partial charge in [0.2, 0.25) is 0 Å². The van der Waals surface area contributed by atoms with Gasteiger partial charge in [0, 0.05) is 57.6 Å². The van der Waals surface area contributed by atoms with Gasteiger partial charge in [-0.2, -0.15) is 5.10 Å². The van der Waals surface area contributed by atoms with E-state index in [1.165, 1.54) is 11.6 Å². The summed E-state index contributed by atoms with van der Waals surface area (Å²) < 4.78 is 21.5. The second-order valence-electron chi connectivity index (χ2n) is 8.80. The first kappa shape index (κ1) is 23.3. The standard InChI is InChI=1S/C24H36FN5O/c1-6-26-23(29(4)15-19-16-30(5)28-22(19)18(2)3)27-17-24(10-12-31-13-11-24)20-8-7-9-21(25)14-20/h7-9,14,16,18H,6,10-13,15,17H2,1-5H3,(H,26,27). The number of ether oxygens (including phenoxy) is 1. The summed E-state index contributed by atoms with van der Waals surface area (Å²) >= 11 is 0. The highest BCUT2D eigenvalue weighted by molar-refractivity contribution is 5.79. The zero-order valence-corrected chi connectivity index (χ0v) is 19.5. The van der Waals surface area contributed by atoms with Crippen LogP contribution in [-0.4, -0.2) is 54.0 Å². The van der Waals surface area contributed by atoms with Gasteiger partial charge >= 0.3 is 0 Å². The smallest absolute Gasteiger partial charge is 0.193 e. The third kappa shape index (κ3) is 5.64. The number of nitrogens with one attached hydrogen (secondary N) is 1. The van der Waals surface area contributed by atoms with E-state index in [9.17, 15) is 4.39 Å². The highest BCUT2D eigenvalue weighted by Gasteiger charge is 2.35. The van der Waals surface area contributed by atoms with Crippen molar-refractivity contribution in [3.05, 3.63) is 53.1 Å². The van der Waals surface area contributed by atoms with Gasteiger partial charge in [-0.05, 0) is 43.4 Å². The number of guanidine groups is 1. The zero-order chi connectivity index (χ0) is 22.4. The van der Waals surface area contributed by atoms with Crippen LogP contribution in [0.1, 0.15) is 56.4 Å². The van der Waals surface area contributed by atoms with Crippen molar-refractivity contribution in [3.8, 4) is 0 Å². The lowest BCUT2D eigenvalue weighted by molar-refractivity contribution is 0.0529. The summed E-state index contributed by atoms with van der Waals surface area (Å²) in [7, 11) is 4.01. The Kier molecular flexibility index (Phi) is 7.70. The highest BCUT2D eigenvalue weighted by Crippen LogP contribution is 2.35. The summed E-state index contributed by atoms with van der Waals surface area (Å²) in [4.78, 5) is 7.16. The van der Waals surface area contributed by atoms with Gasteiger partial charge < -0.3 is 15.0 Å². The first-order chi connectivity index (χ1) is 14.8. The van der Waals surface area contributed by atoms with Crippen molar-refractivity contribution in [3.63, 3.8) is 0 Å². The monoisotopic (exact) mass is 429 g/mol. The lowest BCUT2D eigenvalue weighted by atomic mass is 9.74. The summed E-state index contributed by atoms with van der Waals surface area (Å²) in [6.07, 6.45) is 3.76. The molecule has 0 atom stereocenters. The molecule has 0 bridgehead atoms. The lowest BCUT2D eigenvalue weighted by Crippen LogP contribution is -2.42. The van der Waals surface area contributed by atoms with Crippen molar-refractivity contribution in [2.75, 3.05) is 33.4 Å². The number of benzene rings is 1. The summed E-state index contributed by atoms with van der Waals surface area (Å²) in [6, 6.07) is 6.96. The number of hydrogen-bond donors (Lipinski definition) is 1. The molecule has 2 heterocycles. The Morgan fingerprint density at radius 3 is 2.74 bits per heavy atom. The maximum absolute atomic E-state index is 14.0. The Morgan fingerprint density at radius 1 is 1.35 bits per heavy atom. The van der Waals surface area contributed by atoms with Crippen molar-refractivity contribution in [1.29, 1.82) is 0 Å². The maximum atomic E-state index is 14.0. The molecule has 0 aliphatic carbocycles. The van der Waals surface area contributed by atoms with Gasteiger partial charge in [-0.3, -0.25) is 9.67 Å². The third-order valence-electron chi connectivity index (χ3n) is 6.01. The largest absolute Gasteiger partial charge is 0.381 e. The van der Waals surface area contributed by atoms with E-state index in [-0.39, 0.29) is 11.2 Å². The summed E-state index contributed by atoms with van der Waals surface area (Å²) in [5.74, 6) is 1.01. The number of aromatic nitrogens is 2. The van der Waals surface area contributed by atoms with E-state index in [4.69, 9.17) is 9.73 Å². The number of halogens is 1. The van der Waals surface area contributed by atoms with E-state index in [2.05, 4.69) is 49.3 Å². The van der Waals surface area contributed by atoms with Gasteiger partial charge in [-0.15, -0.1) is 0 Å². The molecule has 1 aliphatic rings. The molecule has 1 saturated heterocycles. The fraction of sp³-hybridized carbons (Fsp3) is 0.583. The molecule has 7 heteroatoms. The van der Waals surface area contributed by atoms with Gasteiger partial charge in [-0.25, -0.2) is 4.39 Å². The van der Waals surface area contributed by atoms with Crippen LogP contribution in [0.5, 0.6) is 0 Å². The first-order valence-electron chi connectivity index (χ1n) is 11.2. The molecule has 170 valence electrons. The number of nitrogens with zero attached hydrogens (tertiary/aromatic N) is 4. The fourth-order valence-electron chi connectivity index (χ4n) is 4.31. The Bertz CT molecular complexity index is 886. The van der Waals surface area contributed by atoms with Crippen molar-refractivity contribution in [2.24, 2.45) is 12.0 Å². The molecule has 2 aromatic rings. The van der Waals surface area contributed by atoms with Crippen molar-refractivity contribution in [2.45, 2.75) is 51.5 Å². The predicted molar refractivity (Wildman–Crippen MR) is 123 cm³/mol. The van der Waals surface area contributed by atoms with Gasteiger partial charge in [-0.1, -0.05) is 26.0 Å². The van der Waals surface area contributed by atoms with Crippen molar-refractivity contribution in [1.82, 2.24) is 20.0 Å². The number of rotatable bonds is 7. The van der Waals surface area contributed by atoms with Gasteiger partial charge in [0.1, 0.15) is 5.82 Å². The van der Waals surface area contributed by atoms with Crippen LogP contribution in [0.15, 0.2) is 35.5 Å². The Morgan fingerprint density at radius 2 is 2.10 bits per heavy atom. The Hall–Kier alpha value is -2.41. The molecule has 0 radical (unpaired) electrons. The van der Waals surface area contributed by atoms with E-state index in [0.29, 0.717) is 25.7 Å². The van der Waals surface area contributed by atoms with Crippen LogP contribution < -0.4 is 5.32 Å². The summed E-state index contributed by atoms with van der Waals surface area (Å²) in [5.41, 5.74) is 3.12. The quantitative estimate of drug-likeness (QED) is 0.537. The second kappa shape index (κ2) is 10.3.